The molecular weight excluding hydrogens is 278 g/mol. The van der Waals surface area contributed by atoms with Crippen molar-refractivity contribution in [1.82, 2.24) is 15.0 Å². The number of H-pyrrole nitrogens is 1. The second kappa shape index (κ2) is 4.30. The van der Waals surface area contributed by atoms with Crippen LogP contribution in [0.25, 0.3) is 22.6 Å². The summed E-state index contributed by atoms with van der Waals surface area (Å²) in [5.74, 6) is 0.812. The van der Waals surface area contributed by atoms with Crippen LogP contribution < -0.4 is 0 Å². The molecule has 17 heavy (non-hydrogen) atoms. The number of rotatable bonds is 2. The summed E-state index contributed by atoms with van der Waals surface area (Å²) in [4.78, 5) is 12.1. The summed E-state index contributed by atoms with van der Waals surface area (Å²) in [6.45, 7) is 0. The zero-order chi connectivity index (χ0) is 11.7. The first-order valence-corrected chi connectivity index (χ1v) is 6.45. The SMILES string of the molecule is BrCc1ccc2nc(-c3ccccn3)[nH]c2c1. The van der Waals surface area contributed by atoms with Crippen molar-refractivity contribution in [1.29, 1.82) is 0 Å². The number of hydrogen-bond donors (Lipinski definition) is 1. The van der Waals surface area contributed by atoms with Crippen LogP contribution in [-0.4, -0.2) is 15.0 Å². The number of imidazole rings is 1. The van der Waals surface area contributed by atoms with Gasteiger partial charge in [-0.15, -0.1) is 0 Å². The Balaban J connectivity index is 2.14. The maximum atomic E-state index is 4.53. The molecule has 84 valence electrons. The molecule has 0 fully saturated rings. The van der Waals surface area contributed by atoms with Crippen molar-refractivity contribution in [3.05, 3.63) is 48.2 Å². The molecule has 0 aliphatic heterocycles. The smallest absolute Gasteiger partial charge is 0.157 e. The molecule has 1 N–H and O–H groups in total. The van der Waals surface area contributed by atoms with Crippen molar-refractivity contribution in [2.24, 2.45) is 0 Å². The summed E-state index contributed by atoms with van der Waals surface area (Å²) >= 11 is 3.45. The highest BCUT2D eigenvalue weighted by Gasteiger charge is 2.05. The first kappa shape index (κ1) is 10.5. The van der Waals surface area contributed by atoms with Crippen LogP contribution >= 0.6 is 15.9 Å². The number of pyridine rings is 1. The largest absolute Gasteiger partial charge is 0.337 e. The minimum Gasteiger partial charge on any atom is -0.337 e. The Morgan fingerprint density at radius 1 is 1.18 bits per heavy atom. The first-order valence-electron chi connectivity index (χ1n) is 5.33. The number of nitrogens with one attached hydrogen (secondary N) is 1. The van der Waals surface area contributed by atoms with Crippen LogP contribution in [-0.2, 0) is 5.33 Å². The molecule has 4 heteroatoms. The van der Waals surface area contributed by atoms with Gasteiger partial charge in [-0.3, -0.25) is 4.98 Å². The summed E-state index contributed by atoms with van der Waals surface area (Å²) < 4.78 is 0. The standard InChI is InChI=1S/C13H10BrN3/c14-8-9-4-5-10-12(7-9)17-13(16-10)11-3-1-2-6-15-11/h1-7H,8H2,(H,16,17). The van der Waals surface area contributed by atoms with Gasteiger partial charge in [0.25, 0.3) is 0 Å². The van der Waals surface area contributed by atoms with E-state index in [9.17, 15) is 0 Å². The van der Waals surface area contributed by atoms with Crippen molar-refractivity contribution in [2.75, 3.05) is 0 Å². The second-order valence-corrected chi connectivity index (χ2v) is 4.35. The minimum absolute atomic E-state index is 0.812. The number of aromatic amines is 1. The van der Waals surface area contributed by atoms with Crippen molar-refractivity contribution in [3.63, 3.8) is 0 Å². The van der Waals surface area contributed by atoms with E-state index in [4.69, 9.17) is 0 Å². The molecule has 2 aromatic heterocycles. The van der Waals surface area contributed by atoms with Gasteiger partial charge in [-0.2, -0.15) is 0 Å². The van der Waals surface area contributed by atoms with Crippen LogP contribution in [0.2, 0.25) is 0 Å². The van der Waals surface area contributed by atoms with Gasteiger partial charge < -0.3 is 4.98 Å². The number of aromatic nitrogens is 3. The highest BCUT2D eigenvalue weighted by atomic mass is 79.9. The van der Waals surface area contributed by atoms with E-state index in [2.05, 4.69) is 43.0 Å². The van der Waals surface area contributed by atoms with E-state index in [-0.39, 0.29) is 0 Å². The molecule has 0 aliphatic rings. The predicted molar refractivity (Wildman–Crippen MR) is 72.0 cm³/mol. The topological polar surface area (TPSA) is 41.6 Å². The Kier molecular flexibility index (Phi) is 2.65. The maximum absolute atomic E-state index is 4.53. The van der Waals surface area contributed by atoms with Crippen LogP contribution in [0, 0.1) is 0 Å². The molecule has 0 amide bonds. The molecule has 3 rings (SSSR count). The lowest BCUT2D eigenvalue weighted by molar-refractivity contribution is 1.24. The fourth-order valence-corrected chi connectivity index (χ4v) is 2.11. The Morgan fingerprint density at radius 3 is 2.88 bits per heavy atom. The normalized spacial score (nSPS) is 10.9. The number of halogens is 1. The zero-order valence-electron chi connectivity index (χ0n) is 9.02. The van der Waals surface area contributed by atoms with Gasteiger partial charge in [0.15, 0.2) is 5.82 Å². The third kappa shape index (κ3) is 1.96. The minimum atomic E-state index is 0.812. The van der Waals surface area contributed by atoms with Crippen LogP contribution in [0.15, 0.2) is 42.6 Å². The molecule has 0 atom stereocenters. The monoisotopic (exact) mass is 287 g/mol. The van der Waals surface area contributed by atoms with Crippen LogP contribution in [0.4, 0.5) is 0 Å². The lowest BCUT2D eigenvalue weighted by Crippen LogP contribution is -1.82. The first-order chi connectivity index (χ1) is 8.36. The number of benzene rings is 1. The molecule has 0 saturated heterocycles. The van der Waals surface area contributed by atoms with Gasteiger partial charge in [-0.25, -0.2) is 4.98 Å². The van der Waals surface area contributed by atoms with E-state index in [0.29, 0.717) is 0 Å². The lowest BCUT2D eigenvalue weighted by atomic mass is 10.2. The molecule has 0 unspecified atom stereocenters. The van der Waals surface area contributed by atoms with Gasteiger partial charge in [0.05, 0.1) is 11.0 Å². The molecule has 0 aliphatic carbocycles. The highest BCUT2D eigenvalue weighted by molar-refractivity contribution is 9.08. The molecule has 0 radical (unpaired) electrons. The van der Waals surface area contributed by atoms with E-state index in [1.807, 2.05) is 24.3 Å². The van der Waals surface area contributed by atoms with E-state index in [1.54, 1.807) is 6.20 Å². The molecule has 0 bridgehead atoms. The average Bonchev–Trinajstić information content (AvgIpc) is 2.82. The fourth-order valence-electron chi connectivity index (χ4n) is 1.76. The Hall–Kier alpha value is -1.68. The van der Waals surface area contributed by atoms with Gasteiger partial charge >= 0.3 is 0 Å². The summed E-state index contributed by atoms with van der Waals surface area (Å²) in [6, 6.07) is 12.0. The van der Waals surface area contributed by atoms with E-state index >= 15 is 0 Å². The summed E-state index contributed by atoms with van der Waals surface area (Å²) in [7, 11) is 0. The number of nitrogens with zero attached hydrogens (tertiary/aromatic N) is 2. The third-order valence-electron chi connectivity index (χ3n) is 2.61. The summed E-state index contributed by atoms with van der Waals surface area (Å²) in [5, 5.41) is 0.848. The van der Waals surface area contributed by atoms with Crippen LogP contribution in [0.1, 0.15) is 5.56 Å². The molecule has 2 heterocycles. The van der Waals surface area contributed by atoms with Crippen LogP contribution in [0.5, 0.6) is 0 Å². The van der Waals surface area contributed by atoms with E-state index in [0.717, 1.165) is 27.9 Å². The quantitative estimate of drug-likeness (QED) is 0.733. The van der Waals surface area contributed by atoms with Gasteiger partial charge in [0, 0.05) is 11.5 Å². The van der Waals surface area contributed by atoms with Crippen molar-refractivity contribution in [2.45, 2.75) is 5.33 Å². The van der Waals surface area contributed by atoms with E-state index < -0.39 is 0 Å². The lowest BCUT2D eigenvalue weighted by Gasteiger charge is -1.93. The van der Waals surface area contributed by atoms with Crippen molar-refractivity contribution in [3.8, 4) is 11.5 Å². The molecule has 3 nitrogen and oxygen atoms in total. The second-order valence-electron chi connectivity index (χ2n) is 3.79. The average molecular weight is 288 g/mol. The highest BCUT2D eigenvalue weighted by Crippen LogP contribution is 2.20. The van der Waals surface area contributed by atoms with Gasteiger partial charge in [0.2, 0.25) is 0 Å². The molecule has 0 saturated carbocycles. The predicted octanol–water partition coefficient (Wildman–Crippen LogP) is 3.52. The molecule has 3 aromatic rings. The van der Waals surface area contributed by atoms with Crippen molar-refractivity contribution >= 4 is 27.0 Å². The fraction of sp³-hybridized carbons (Fsp3) is 0.0769. The van der Waals surface area contributed by atoms with Gasteiger partial charge in [0.1, 0.15) is 5.69 Å². The summed E-state index contributed by atoms with van der Waals surface area (Å²) in [5.41, 5.74) is 4.11. The van der Waals surface area contributed by atoms with Gasteiger partial charge in [-0.05, 0) is 29.8 Å². The molecule has 0 spiro atoms. The number of fused-ring (bicyclic) bond motifs is 1. The van der Waals surface area contributed by atoms with E-state index in [1.165, 1.54) is 5.56 Å². The third-order valence-corrected chi connectivity index (χ3v) is 3.26. The number of alkyl halides is 1. The maximum Gasteiger partial charge on any atom is 0.157 e. The van der Waals surface area contributed by atoms with Crippen molar-refractivity contribution < 1.29 is 0 Å². The zero-order valence-corrected chi connectivity index (χ0v) is 10.6. The van der Waals surface area contributed by atoms with Gasteiger partial charge in [-0.1, -0.05) is 28.1 Å². The Bertz CT molecular complexity index is 646. The summed E-state index contributed by atoms with van der Waals surface area (Å²) in [6.07, 6.45) is 1.77. The van der Waals surface area contributed by atoms with Crippen LogP contribution in [0.3, 0.4) is 0 Å². The Labute approximate surface area is 107 Å². The number of hydrogen-bond acceptors (Lipinski definition) is 2. The molecular formula is C13H10BrN3. The molecule has 1 aromatic carbocycles. The Morgan fingerprint density at radius 2 is 2.12 bits per heavy atom.